The van der Waals surface area contributed by atoms with Gasteiger partial charge in [-0.05, 0) is 51.3 Å². The summed E-state index contributed by atoms with van der Waals surface area (Å²) in [6, 6.07) is 6.76. The number of hydrogen-bond donors (Lipinski definition) is 1. The van der Waals surface area contributed by atoms with Crippen molar-refractivity contribution in [2.24, 2.45) is 5.92 Å². The third-order valence-electron chi connectivity index (χ3n) is 6.04. The van der Waals surface area contributed by atoms with Gasteiger partial charge in [-0.15, -0.1) is 0 Å². The van der Waals surface area contributed by atoms with E-state index < -0.39 is 6.04 Å². The van der Waals surface area contributed by atoms with Gasteiger partial charge in [0.15, 0.2) is 5.78 Å². The number of carbonyl (C=O) groups is 1. The zero-order chi connectivity index (χ0) is 20.3. The third-order valence-corrected chi connectivity index (χ3v) is 6.63. The van der Waals surface area contributed by atoms with Crippen LogP contribution in [0.25, 0.3) is 0 Å². The molecule has 0 bridgehead atoms. The van der Waals surface area contributed by atoms with Gasteiger partial charge in [0.05, 0.1) is 6.04 Å². The number of nitrogens with zero attached hydrogens (tertiary/aromatic N) is 2. The van der Waals surface area contributed by atoms with Crippen molar-refractivity contribution in [1.29, 1.82) is 0 Å². The Bertz CT molecular complexity index is 716. The summed E-state index contributed by atoms with van der Waals surface area (Å²) in [4.78, 5) is 17.7. The molecule has 2 unspecified atom stereocenters. The van der Waals surface area contributed by atoms with Crippen molar-refractivity contribution in [3.8, 4) is 0 Å². The van der Waals surface area contributed by atoms with Crippen LogP contribution in [0.3, 0.4) is 0 Å². The Hall–Kier alpha value is -1.17. The number of ketones is 1. The molecule has 3 rings (SSSR count). The van der Waals surface area contributed by atoms with Crippen LogP contribution in [0.5, 0.6) is 0 Å². The van der Waals surface area contributed by atoms with Crippen LogP contribution >= 0.6 is 12.6 Å². The van der Waals surface area contributed by atoms with Gasteiger partial charge in [0, 0.05) is 42.4 Å². The fraction of sp³-hybridized carbons (Fsp3) is 0.609. The summed E-state index contributed by atoms with van der Waals surface area (Å²) >= 11 is 4.79. The fourth-order valence-electron chi connectivity index (χ4n) is 4.07. The average molecular weight is 405 g/mol. The minimum absolute atomic E-state index is 0.0993. The van der Waals surface area contributed by atoms with Gasteiger partial charge in [-0.2, -0.15) is 12.6 Å². The molecule has 1 aromatic rings. The van der Waals surface area contributed by atoms with E-state index in [2.05, 4.69) is 36.6 Å². The zero-order valence-corrected chi connectivity index (χ0v) is 18.2. The number of hydrogen-bond acceptors (Lipinski definition) is 4. The number of Topliss-reactive ketones (excluding diaryl/α,β-unsaturated/α-hetero) is 1. The van der Waals surface area contributed by atoms with Crippen LogP contribution in [-0.4, -0.2) is 53.1 Å². The number of likely N-dealkylation sites (tertiary alicyclic amines) is 1. The minimum atomic E-state index is -0.481. The molecule has 28 heavy (non-hydrogen) atoms. The van der Waals surface area contributed by atoms with Crippen LogP contribution in [0.4, 0.5) is 4.39 Å². The lowest BCUT2D eigenvalue weighted by molar-refractivity contribution is -0.126. The Morgan fingerprint density at radius 2 is 2.04 bits per heavy atom. The van der Waals surface area contributed by atoms with E-state index in [4.69, 9.17) is 12.6 Å². The molecule has 1 heterocycles. The molecule has 2 aliphatic rings. The van der Waals surface area contributed by atoms with Crippen LogP contribution < -0.4 is 0 Å². The maximum atomic E-state index is 14.6. The van der Waals surface area contributed by atoms with Gasteiger partial charge in [-0.3, -0.25) is 14.6 Å². The predicted octanol–water partition coefficient (Wildman–Crippen LogP) is 4.51. The molecule has 0 N–H and O–H groups in total. The van der Waals surface area contributed by atoms with Gasteiger partial charge in [-0.25, -0.2) is 4.39 Å². The second kappa shape index (κ2) is 9.55. The van der Waals surface area contributed by atoms with E-state index in [-0.39, 0.29) is 22.8 Å². The van der Waals surface area contributed by atoms with E-state index >= 15 is 0 Å². The highest BCUT2D eigenvalue weighted by atomic mass is 32.1. The molecule has 2 atom stereocenters. The Morgan fingerprint density at radius 3 is 2.64 bits per heavy atom. The van der Waals surface area contributed by atoms with Gasteiger partial charge in [0.2, 0.25) is 0 Å². The van der Waals surface area contributed by atoms with Crippen molar-refractivity contribution in [3.63, 3.8) is 0 Å². The molecule has 0 radical (unpaired) electrons. The van der Waals surface area contributed by atoms with Gasteiger partial charge < -0.3 is 0 Å². The number of benzene rings is 1. The highest BCUT2D eigenvalue weighted by Gasteiger charge is 2.40. The summed E-state index contributed by atoms with van der Waals surface area (Å²) in [5.41, 5.74) is 1.77. The predicted molar refractivity (Wildman–Crippen MR) is 116 cm³/mol. The van der Waals surface area contributed by atoms with Crippen molar-refractivity contribution in [2.45, 2.75) is 57.4 Å². The summed E-state index contributed by atoms with van der Waals surface area (Å²) in [7, 11) is 0. The number of likely N-dealkylation sites (N-methyl/N-ethyl adjacent to an activating group) is 1. The van der Waals surface area contributed by atoms with E-state index in [1.165, 1.54) is 11.6 Å². The summed E-state index contributed by atoms with van der Waals surface area (Å²) in [5.74, 6) is -0.00120. The molecule has 154 valence electrons. The molecule has 2 fully saturated rings. The molecule has 5 heteroatoms. The molecule has 0 spiro atoms. The van der Waals surface area contributed by atoms with E-state index in [9.17, 15) is 9.18 Å². The molecular formula is C23H33FN2OS. The molecule has 0 amide bonds. The first kappa shape index (κ1) is 21.5. The molecule has 3 nitrogen and oxygen atoms in total. The zero-order valence-electron chi connectivity index (χ0n) is 17.3. The summed E-state index contributed by atoms with van der Waals surface area (Å²) in [5, 5.41) is 0.208. The Kier molecular flexibility index (Phi) is 7.35. The van der Waals surface area contributed by atoms with Gasteiger partial charge in [0.1, 0.15) is 5.82 Å². The SMILES string of the molecule is CCN(C/C=C1/CN(C(C(=O)C2CC2)c2ccccc2F)CCC1S)C(C)C. The first-order valence-electron chi connectivity index (χ1n) is 10.6. The van der Waals surface area contributed by atoms with Crippen molar-refractivity contribution in [3.05, 3.63) is 47.3 Å². The Morgan fingerprint density at radius 1 is 1.32 bits per heavy atom. The van der Waals surface area contributed by atoms with Crippen molar-refractivity contribution < 1.29 is 9.18 Å². The van der Waals surface area contributed by atoms with Crippen molar-refractivity contribution in [1.82, 2.24) is 9.80 Å². The van der Waals surface area contributed by atoms with Gasteiger partial charge >= 0.3 is 0 Å². The number of carbonyl (C=O) groups excluding carboxylic acids is 1. The number of halogens is 1. The molecule has 1 aliphatic carbocycles. The largest absolute Gasteiger partial charge is 0.298 e. The first-order chi connectivity index (χ1) is 13.4. The second-order valence-electron chi connectivity index (χ2n) is 8.34. The molecule has 0 aromatic heterocycles. The summed E-state index contributed by atoms with van der Waals surface area (Å²) in [6.45, 7) is 9.92. The topological polar surface area (TPSA) is 23.6 Å². The molecular weight excluding hydrogens is 371 g/mol. The maximum Gasteiger partial charge on any atom is 0.157 e. The smallest absolute Gasteiger partial charge is 0.157 e. The quantitative estimate of drug-likeness (QED) is 0.510. The molecule has 1 aliphatic heterocycles. The van der Waals surface area contributed by atoms with E-state index in [1.807, 2.05) is 6.07 Å². The van der Waals surface area contributed by atoms with Crippen LogP contribution in [0.1, 0.15) is 51.6 Å². The van der Waals surface area contributed by atoms with Crippen molar-refractivity contribution in [2.75, 3.05) is 26.2 Å². The van der Waals surface area contributed by atoms with Crippen LogP contribution in [-0.2, 0) is 4.79 Å². The lowest BCUT2D eigenvalue weighted by atomic mass is 9.93. The lowest BCUT2D eigenvalue weighted by Crippen LogP contribution is -2.43. The average Bonchev–Trinajstić information content (AvgIpc) is 3.51. The summed E-state index contributed by atoms with van der Waals surface area (Å²) in [6.07, 6.45) is 5.03. The van der Waals surface area contributed by atoms with Gasteiger partial charge in [0.25, 0.3) is 0 Å². The van der Waals surface area contributed by atoms with E-state index in [0.717, 1.165) is 38.9 Å². The van der Waals surface area contributed by atoms with Crippen LogP contribution in [0, 0.1) is 11.7 Å². The van der Waals surface area contributed by atoms with Crippen molar-refractivity contribution >= 4 is 18.4 Å². The minimum Gasteiger partial charge on any atom is -0.298 e. The highest BCUT2D eigenvalue weighted by Crippen LogP contribution is 2.39. The monoisotopic (exact) mass is 404 g/mol. The number of rotatable bonds is 8. The molecule has 1 aromatic carbocycles. The van der Waals surface area contributed by atoms with E-state index in [0.29, 0.717) is 18.2 Å². The number of thiol groups is 1. The van der Waals surface area contributed by atoms with Crippen LogP contribution in [0.2, 0.25) is 0 Å². The first-order valence-corrected chi connectivity index (χ1v) is 11.1. The fourth-order valence-corrected chi connectivity index (χ4v) is 4.37. The van der Waals surface area contributed by atoms with Gasteiger partial charge in [-0.1, -0.05) is 31.2 Å². The summed E-state index contributed by atoms with van der Waals surface area (Å²) < 4.78 is 14.6. The Balaban J connectivity index is 1.82. The maximum absolute atomic E-state index is 14.6. The Labute approximate surface area is 174 Å². The standard InChI is InChI=1S/C23H33FN2OS/c1-4-25(16(2)3)13-11-18-15-26(14-12-21(18)28)22(23(27)17-9-10-17)19-7-5-6-8-20(19)24/h5-8,11,16-17,21-22,28H,4,9-10,12-15H2,1-3H3/b18-11-. The third kappa shape index (κ3) is 5.05. The number of piperidine rings is 1. The van der Waals surface area contributed by atoms with Crippen LogP contribution in [0.15, 0.2) is 35.9 Å². The molecule has 1 saturated heterocycles. The van der Waals surface area contributed by atoms with E-state index in [1.54, 1.807) is 12.1 Å². The normalized spacial score (nSPS) is 23.5. The molecule has 1 saturated carbocycles. The highest BCUT2D eigenvalue weighted by molar-refractivity contribution is 7.81. The second-order valence-corrected chi connectivity index (χ2v) is 8.96. The lowest BCUT2D eigenvalue weighted by Gasteiger charge is -2.38.